The monoisotopic (exact) mass is 531 g/mol. The molecule has 172 valence electrons. The first-order valence-corrected chi connectivity index (χ1v) is 12.6. The van der Waals surface area contributed by atoms with Crippen LogP contribution in [0.3, 0.4) is 0 Å². The van der Waals surface area contributed by atoms with Gasteiger partial charge in [0.1, 0.15) is 17.0 Å². The van der Waals surface area contributed by atoms with Crippen LogP contribution < -0.4 is 14.9 Å². The van der Waals surface area contributed by atoms with Gasteiger partial charge in [0.2, 0.25) is 16.0 Å². The standard InChI is InChI=1S/C20H22BrN9O2S/c1-12(2)30-10-7-16(28-30)26-20-24-11-13(21)19(27-20)25-15-6-5-14-17(23-9-8-22-14)18(15)29(3)33(4,31)32/h5-12H,1-4H3,(H2,24,25,26,27,28). The Hall–Kier alpha value is -3.32. The number of hydrogen-bond donors (Lipinski definition) is 2. The number of rotatable bonds is 7. The molecule has 0 amide bonds. The molecule has 3 aromatic heterocycles. The van der Waals surface area contributed by atoms with Gasteiger partial charge in [0.25, 0.3) is 0 Å². The first kappa shape index (κ1) is 22.9. The predicted octanol–water partition coefficient (Wildman–Crippen LogP) is 3.84. The van der Waals surface area contributed by atoms with Gasteiger partial charge in [-0.3, -0.25) is 19.0 Å². The summed E-state index contributed by atoms with van der Waals surface area (Å²) in [6, 6.07) is 5.56. The zero-order valence-corrected chi connectivity index (χ0v) is 20.8. The van der Waals surface area contributed by atoms with E-state index >= 15 is 0 Å². The van der Waals surface area contributed by atoms with Gasteiger partial charge >= 0.3 is 0 Å². The number of anilines is 5. The molecule has 3 heterocycles. The number of nitrogens with zero attached hydrogens (tertiary/aromatic N) is 7. The molecule has 11 nitrogen and oxygen atoms in total. The maximum absolute atomic E-state index is 12.4. The summed E-state index contributed by atoms with van der Waals surface area (Å²) >= 11 is 3.45. The van der Waals surface area contributed by atoms with Gasteiger partial charge in [-0.25, -0.2) is 13.4 Å². The second-order valence-corrected chi connectivity index (χ2v) is 10.4. The van der Waals surface area contributed by atoms with Gasteiger partial charge in [0.05, 0.1) is 21.9 Å². The van der Waals surface area contributed by atoms with E-state index in [1.165, 1.54) is 17.5 Å². The Kier molecular flexibility index (Phi) is 6.17. The lowest BCUT2D eigenvalue weighted by atomic mass is 10.2. The first-order valence-electron chi connectivity index (χ1n) is 9.93. The third-order valence-electron chi connectivity index (χ3n) is 4.80. The largest absolute Gasteiger partial charge is 0.337 e. The van der Waals surface area contributed by atoms with E-state index in [9.17, 15) is 8.42 Å². The van der Waals surface area contributed by atoms with E-state index in [1.807, 2.05) is 30.8 Å². The summed E-state index contributed by atoms with van der Waals surface area (Å²) in [6.45, 7) is 4.07. The van der Waals surface area contributed by atoms with E-state index in [0.717, 1.165) is 6.26 Å². The van der Waals surface area contributed by atoms with Crippen LogP contribution in [0.2, 0.25) is 0 Å². The Morgan fingerprint density at radius 2 is 1.85 bits per heavy atom. The predicted molar refractivity (Wildman–Crippen MR) is 132 cm³/mol. The van der Waals surface area contributed by atoms with Crippen LogP contribution in [0.1, 0.15) is 19.9 Å². The topological polar surface area (TPSA) is 131 Å². The third kappa shape index (κ3) is 4.88. The molecule has 0 atom stereocenters. The SMILES string of the molecule is CC(C)n1ccc(Nc2ncc(Br)c(Nc3ccc4nccnc4c3N(C)S(C)(=O)=O)n2)n1. The fourth-order valence-corrected chi connectivity index (χ4v) is 3.86. The van der Waals surface area contributed by atoms with Crippen LogP contribution in [0.15, 0.2) is 47.5 Å². The zero-order valence-electron chi connectivity index (χ0n) is 18.4. The van der Waals surface area contributed by atoms with Crippen molar-refractivity contribution in [3.8, 4) is 0 Å². The van der Waals surface area contributed by atoms with Crippen LogP contribution in [0, 0.1) is 0 Å². The lowest BCUT2D eigenvalue weighted by Crippen LogP contribution is -2.26. The van der Waals surface area contributed by atoms with Gasteiger partial charge in [-0.2, -0.15) is 10.1 Å². The van der Waals surface area contributed by atoms with Crippen LogP contribution in [-0.2, 0) is 10.0 Å². The highest BCUT2D eigenvalue weighted by atomic mass is 79.9. The molecule has 0 aliphatic carbocycles. The van der Waals surface area contributed by atoms with Gasteiger partial charge < -0.3 is 10.6 Å². The Bertz CT molecular complexity index is 1420. The summed E-state index contributed by atoms with van der Waals surface area (Å²) in [5.41, 5.74) is 1.86. The van der Waals surface area contributed by atoms with Crippen molar-refractivity contribution in [1.29, 1.82) is 0 Å². The average Bonchev–Trinajstić information content (AvgIpc) is 3.23. The highest BCUT2D eigenvalue weighted by molar-refractivity contribution is 9.10. The van der Waals surface area contributed by atoms with Crippen molar-refractivity contribution in [2.45, 2.75) is 19.9 Å². The number of halogens is 1. The lowest BCUT2D eigenvalue weighted by Gasteiger charge is -2.22. The first-order chi connectivity index (χ1) is 15.6. The summed E-state index contributed by atoms with van der Waals surface area (Å²) < 4.78 is 28.3. The summed E-state index contributed by atoms with van der Waals surface area (Å²) in [6.07, 6.45) is 7.67. The normalized spacial score (nSPS) is 11.7. The molecule has 0 radical (unpaired) electrons. The minimum absolute atomic E-state index is 0.227. The van der Waals surface area contributed by atoms with Crippen molar-refractivity contribution in [3.05, 3.63) is 47.5 Å². The molecule has 0 fully saturated rings. The molecule has 0 saturated carbocycles. The molecular weight excluding hydrogens is 510 g/mol. The molecule has 2 N–H and O–H groups in total. The Labute approximate surface area is 199 Å². The molecule has 0 bridgehead atoms. The van der Waals surface area contributed by atoms with Crippen LogP contribution in [0.25, 0.3) is 11.0 Å². The summed E-state index contributed by atoms with van der Waals surface area (Å²) in [5.74, 6) is 1.37. The lowest BCUT2D eigenvalue weighted by molar-refractivity contribution is 0.534. The zero-order chi connectivity index (χ0) is 23.8. The highest BCUT2D eigenvalue weighted by Gasteiger charge is 2.21. The van der Waals surface area contributed by atoms with Crippen molar-refractivity contribution in [2.75, 3.05) is 28.2 Å². The molecule has 0 aliphatic rings. The van der Waals surface area contributed by atoms with Crippen molar-refractivity contribution in [3.63, 3.8) is 0 Å². The highest BCUT2D eigenvalue weighted by Crippen LogP contribution is 2.36. The molecule has 13 heteroatoms. The van der Waals surface area contributed by atoms with Gasteiger partial charge in [0.15, 0.2) is 5.82 Å². The number of nitrogens with one attached hydrogen (secondary N) is 2. The third-order valence-corrected chi connectivity index (χ3v) is 6.56. The summed E-state index contributed by atoms with van der Waals surface area (Å²) in [5, 5.41) is 10.7. The second-order valence-electron chi connectivity index (χ2n) is 7.53. The molecular formula is C20H22BrN9O2S. The smallest absolute Gasteiger partial charge is 0.232 e. The summed E-state index contributed by atoms with van der Waals surface area (Å²) in [7, 11) is -2.10. The molecule has 0 aliphatic heterocycles. The number of hydrogen-bond acceptors (Lipinski definition) is 9. The Balaban J connectivity index is 1.73. The van der Waals surface area contributed by atoms with E-state index in [4.69, 9.17) is 0 Å². The quantitative estimate of drug-likeness (QED) is 0.365. The van der Waals surface area contributed by atoms with Gasteiger partial charge in [-0.15, -0.1) is 0 Å². The Morgan fingerprint density at radius 3 is 2.55 bits per heavy atom. The maximum Gasteiger partial charge on any atom is 0.232 e. The number of aromatic nitrogens is 6. The van der Waals surface area contributed by atoms with E-state index in [2.05, 4.69) is 51.6 Å². The Morgan fingerprint density at radius 1 is 1.09 bits per heavy atom. The second kappa shape index (κ2) is 8.90. The minimum atomic E-state index is -3.57. The van der Waals surface area contributed by atoms with E-state index in [-0.39, 0.29) is 6.04 Å². The van der Waals surface area contributed by atoms with E-state index in [0.29, 0.717) is 44.5 Å². The van der Waals surface area contributed by atoms with Crippen molar-refractivity contribution >= 4 is 65.9 Å². The fraction of sp³-hybridized carbons (Fsp3) is 0.250. The van der Waals surface area contributed by atoms with Crippen molar-refractivity contribution in [2.24, 2.45) is 0 Å². The number of fused-ring (bicyclic) bond motifs is 1. The molecule has 0 unspecified atom stereocenters. The molecule has 4 aromatic rings. The van der Waals surface area contributed by atoms with Crippen LogP contribution in [0.5, 0.6) is 0 Å². The molecule has 33 heavy (non-hydrogen) atoms. The maximum atomic E-state index is 12.4. The van der Waals surface area contributed by atoms with E-state index in [1.54, 1.807) is 24.5 Å². The van der Waals surface area contributed by atoms with Gasteiger partial charge in [0, 0.05) is 43.9 Å². The van der Waals surface area contributed by atoms with Crippen molar-refractivity contribution in [1.82, 2.24) is 29.7 Å². The van der Waals surface area contributed by atoms with Gasteiger partial charge in [-0.1, -0.05) is 0 Å². The van der Waals surface area contributed by atoms with E-state index < -0.39 is 10.0 Å². The molecule has 0 saturated heterocycles. The minimum Gasteiger partial charge on any atom is -0.337 e. The van der Waals surface area contributed by atoms with Crippen LogP contribution >= 0.6 is 15.9 Å². The van der Waals surface area contributed by atoms with Gasteiger partial charge in [-0.05, 0) is 41.9 Å². The van der Waals surface area contributed by atoms with Crippen molar-refractivity contribution < 1.29 is 8.42 Å². The number of benzene rings is 1. The fourth-order valence-electron chi connectivity index (χ4n) is 3.06. The summed E-state index contributed by atoms with van der Waals surface area (Å²) in [4.78, 5) is 17.5. The van der Waals surface area contributed by atoms with Crippen LogP contribution in [0.4, 0.5) is 29.0 Å². The molecule has 0 spiro atoms. The van der Waals surface area contributed by atoms with Crippen LogP contribution in [-0.4, -0.2) is 51.4 Å². The molecule has 1 aromatic carbocycles. The average molecular weight is 532 g/mol. The molecule has 4 rings (SSSR count). The number of sulfonamides is 1.